The minimum absolute atomic E-state index is 0.573. The fraction of sp³-hybridized carbons (Fsp3) is 0.143. The van der Waals surface area contributed by atoms with Crippen LogP contribution in [0.3, 0.4) is 0 Å². The molecule has 0 unspecified atom stereocenters. The minimum atomic E-state index is -0.573. The van der Waals surface area contributed by atoms with Crippen molar-refractivity contribution in [1.82, 2.24) is 0 Å². The second-order valence-corrected chi connectivity index (χ2v) is 4.69. The summed E-state index contributed by atoms with van der Waals surface area (Å²) < 4.78 is 0.933. The lowest BCUT2D eigenvalue weighted by molar-refractivity contribution is 0.219. The minimum Gasteiger partial charge on any atom is -0.384 e. The molecule has 16 heavy (non-hydrogen) atoms. The maximum Gasteiger partial charge on any atom is 0.105 e. The van der Waals surface area contributed by atoms with E-state index in [1.807, 2.05) is 55.5 Å². The summed E-state index contributed by atoms with van der Waals surface area (Å²) in [5.41, 5.74) is 3.01. The number of hydrogen-bond donors (Lipinski definition) is 1. The molecular weight excluding hydrogens is 264 g/mol. The second-order valence-electron chi connectivity index (χ2n) is 3.83. The lowest BCUT2D eigenvalue weighted by Gasteiger charge is -2.13. The Morgan fingerprint density at radius 1 is 1.00 bits per heavy atom. The molecule has 2 rings (SSSR count). The van der Waals surface area contributed by atoms with E-state index in [1.54, 1.807) is 0 Å². The predicted molar refractivity (Wildman–Crippen MR) is 69.4 cm³/mol. The summed E-state index contributed by atoms with van der Waals surface area (Å²) in [6, 6.07) is 15.7. The highest BCUT2D eigenvalue weighted by Gasteiger charge is 2.12. The largest absolute Gasteiger partial charge is 0.384 e. The van der Waals surface area contributed by atoms with Crippen molar-refractivity contribution in [3.05, 3.63) is 69.7 Å². The molecule has 0 saturated carbocycles. The van der Waals surface area contributed by atoms with Crippen molar-refractivity contribution >= 4 is 15.9 Å². The number of halogens is 1. The summed E-state index contributed by atoms with van der Waals surface area (Å²) in [6.45, 7) is 2.04. The van der Waals surface area contributed by atoms with E-state index in [0.717, 1.165) is 15.6 Å². The van der Waals surface area contributed by atoms with Crippen LogP contribution in [0, 0.1) is 6.92 Å². The molecule has 82 valence electrons. The molecule has 0 aliphatic heterocycles. The highest BCUT2D eigenvalue weighted by Crippen LogP contribution is 2.28. The van der Waals surface area contributed by atoms with Gasteiger partial charge in [0.05, 0.1) is 0 Å². The molecule has 0 bridgehead atoms. The van der Waals surface area contributed by atoms with Gasteiger partial charge in [-0.05, 0) is 24.1 Å². The molecule has 2 aromatic carbocycles. The normalized spacial score (nSPS) is 12.4. The van der Waals surface area contributed by atoms with Crippen LogP contribution in [0.2, 0.25) is 0 Å². The number of aryl methyl sites for hydroxylation is 1. The molecule has 0 heterocycles. The summed E-state index contributed by atoms with van der Waals surface area (Å²) in [4.78, 5) is 0. The van der Waals surface area contributed by atoms with E-state index in [1.165, 1.54) is 5.56 Å². The molecule has 2 heteroatoms. The molecule has 1 N–H and O–H groups in total. The Bertz CT molecular complexity index is 476. The summed E-state index contributed by atoms with van der Waals surface area (Å²) in [6.07, 6.45) is -0.573. The van der Waals surface area contributed by atoms with Crippen LogP contribution < -0.4 is 0 Å². The van der Waals surface area contributed by atoms with Crippen molar-refractivity contribution in [3.63, 3.8) is 0 Å². The van der Waals surface area contributed by atoms with Gasteiger partial charge in [0.15, 0.2) is 0 Å². The van der Waals surface area contributed by atoms with Crippen molar-refractivity contribution in [2.45, 2.75) is 13.0 Å². The molecule has 1 atom stereocenters. The summed E-state index contributed by atoms with van der Waals surface area (Å²) >= 11 is 3.45. The van der Waals surface area contributed by atoms with Gasteiger partial charge in [0.1, 0.15) is 6.10 Å². The first-order valence-electron chi connectivity index (χ1n) is 5.17. The number of aliphatic hydroxyl groups excluding tert-OH is 1. The van der Waals surface area contributed by atoms with Gasteiger partial charge in [-0.15, -0.1) is 0 Å². The van der Waals surface area contributed by atoms with Gasteiger partial charge in [0, 0.05) is 4.47 Å². The predicted octanol–water partition coefficient (Wildman–Crippen LogP) is 3.84. The van der Waals surface area contributed by atoms with Crippen LogP contribution in [-0.4, -0.2) is 5.11 Å². The fourth-order valence-electron chi connectivity index (χ4n) is 1.63. The van der Waals surface area contributed by atoms with Gasteiger partial charge in [-0.1, -0.05) is 64.0 Å². The van der Waals surface area contributed by atoms with Gasteiger partial charge in [-0.3, -0.25) is 0 Å². The second kappa shape index (κ2) is 4.81. The quantitative estimate of drug-likeness (QED) is 0.884. The van der Waals surface area contributed by atoms with Crippen LogP contribution in [0.1, 0.15) is 22.8 Å². The summed E-state index contributed by atoms with van der Waals surface area (Å²) in [5.74, 6) is 0. The van der Waals surface area contributed by atoms with E-state index in [4.69, 9.17) is 0 Å². The Morgan fingerprint density at radius 3 is 2.25 bits per heavy atom. The third-order valence-electron chi connectivity index (χ3n) is 2.59. The van der Waals surface area contributed by atoms with E-state index >= 15 is 0 Å². The van der Waals surface area contributed by atoms with Crippen LogP contribution in [-0.2, 0) is 0 Å². The number of benzene rings is 2. The summed E-state index contributed by atoms with van der Waals surface area (Å²) in [7, 11) is 0. The topological polar surface area (TPSA) is 20.2 Å². The first-order chi connectivity index (χ1) is 7.68. The van der Waals surface area contributed by atoms with Crippen molar-refractivity contribution in [2.75, 3.05) is 0 Å². The zero-order chi connectivity index (χ0) is 11.5. The van der Waals surface area contributed by atoms with Gasteiger partial charge < -0.3 is 5.11 Å². The molecule has 1 nitrogen and oxygen atoms in total. The Hall–Kier alpha value is -1.12. The average molecular weight is 277 g/mol. The lowest BCUT2D eigenvalue weighted by atomic mass is 10.0. The van der Waals surface area contributed by atoms with E-state index in [9.17, 15) is 5.11 Å². The van der Waals surface area contributed by atoms with E-state index in [0.29, 0.717) is 0 Å². The van der Waals surface area contributed by atoms with Crippen LogP contribution in [0.4, 0.5) is 0 Å². The first-order valence-corrected chi connectivity index (χ1v) is 5.97. The molecule has 0 aliphatic rings. The van der Waals surface area contributed by atoms with Crippen LogP contribution in [0.5, 0.6) is 0 Å². The number of aliphatic hydroxyl groups is 1. The van der Waals surface area contributed by atoms with Gasteiger partial charge in [-0.25, -0.2) is 0 Å². The zero-order valence-corrected chi connectivity index (χ0v) is 10.6. The Morgan fingerprint density at radius 2 is 1.62 bits per heavy atom. The fourth-order valence-corrected chi connectivity index (χ4v) is 2.13. The zero-order valence-electron chi connectivity index (χ0n) is 9.02. The molecule has 0 saturated heterocycles. The maximum atomic E-state index is 10.2. The number of hydrogen-bond acceptors (Lipinski definition) is 1. The molecule has 0 aromatic heterocycles. The van der Waals surface area contributed by atoms with Gasteiger partial charge in [-0.2, -0.15) is 0 Å². The van der Waals surface area contributed by atoms with Crippen molar-refractivity contribution in [3.8, 4) is 0 Å². The van der Waals surface area contributed by atoms with Gasteiger partial charge in [0.2, 0.25) is 0 Å². The SMILES string of the molecule is Cc1ccc([C@H](O)c2ccccc2Br)cc1. The van der Waals surface area contributed by atoms with Crippen LogP contribution >= 0.6 is 15.9 Å². The Kier molecular flexibility index (Phi) is 3.42. The third-order valence-corrected chi connectivity index (χ3v) is 3.32. The third kappa shape index (κ3) is 2.34. The monoisotopic (exact) mass is 276 g/mol. The van der Waals surface area contributed by atoms with Crippen molar-refractivity contribution in [1.29, 1.82) is 0 Å². The van der Waals surface area contributed by atoms with E-state index in [-0.39, 0.29) is 0 Å². The molecule has 0 fully saturated rings. The molecule has 0 aliphatic carbocycles. The maximum absolute atomic E-state index is 10.2. The van der Waals surface area contributed by atoms with E-state index < -0.39 is 6.10 Å². The smallest absolute Gasteiger partial charge is 0.105 e. The van der Waals surface area contributed by atoms with Crippen LogP contribution in [0.15, 0.2) is 53.0 Å². The Balaban J connectivity index is 2.35. The van der Waals surface area contributed by atoms with E-state index in [2.05, 4.69) is 15.9 Å². The van der Waals surface area contributed by atoms with Crippen molar-refractivity contribution < 1.29 is 5.11 Å². The lowest BCUT2D eigenvalue weighted by Crippen LogP contribution is -2.00. The first kappa shape index (κ1) is 11.4. The molecule has 0 radical (unpaired) electrons. The molecule has 0 spiro atoms. The highest BCUT2D eigenvalue weighted by molar-refractivity contribution is 9.10. The molecule has 2 aromatic rings. The summed E-state index contributed by atoms with van der Waals surface area (Å²) in [5, 5.41) is 10.2. The van der Waals surface area contributed by atoms with Gasteiger partial charge in [0.25, 0.3) is 0 Å². The molecule has 0 amide bonds. The standard InChI is InChI=1S/C14H13BrO/c1-10-6-8-11(9-7-10)14(16)12-4-2-3-5-13(12)15/h2-9,14,16H,1H3/t14-/m0/s1. The Labute approximate surface area is 104 Å². The molecular formula is C14H13BrO. The number of rotatable bonds is 2. The van der Waals surface area contributed by atoms with Crippen LogP contribution in [0.25, 0.3) is 0 Å². The highest BCUT2D eigenvalue weighted by atomic mass is 79.9. The van der Waals surface area contributed by atoms with Crippen molar-refractivity contribution in [2.24, 2.45) is 0 Å². The average Bonchev–Trinajstić information content (AvgIpc) is 2.30. The van der Waals surface area contributed by atoms with Gasteiger partial charge >= 0.3 is 0 Å².